The number of hydrogen-bond donors (Lipinski definition) is 1. The van der Waals surface area contributed by atoms with Gasteiger partial charge in [0, 0.05) is 6.08 Å². The fraction of sp³-hybridized carbons (Fsp3) is 0.188. The lowest BCUT2D eigenvalue weighted by Crippen LogP contribution is -2.30. The summed E-state index contributed by atoms with van der Waals surface area (Å²) in [5.74, 6) is -0.360. The highest BCUT2D eigenvalue weighted by atomic mass is 16.5. The van der Waals surface area contributed by atoms with Crippen LogP contribution < -0.4 is 5.32 Å². The zero-order valence-corrected chi connectivity index (χ0v) is 13.0. The molecule has 0 bridgehead atoms. The van der Waals surface area contributed by atoms with Crippen molar-refractivity contribution in [1.82, 2.24) is 10.2 Å². The maximum absolute atomic E-state index is 12.4. The van der Waals surface area contributed by atoms with E-state index in [1.807, 2.05) is 6.92 Å². The molecule has 0 aliphatic carbocycles. The standard InChI is InChI=1S/C16H14N2O6/c1-9-5-6-23-13(9)7-11-14(19)18(16(21)17-11)8-10-3-4-12(24-10)15(20)22-2/h3-7H,8H2,1-2H3,(H,17,21)/b11-7-. The number of aryl methyl sites for hydroxylation is 1. The first-order valence-electron chi connectivity index (χ1n) is 7.05. The lowest BCUT2D eigenvalue weighted by molar-refractivity contribution is -0.123. The lowest BCUT2D eigenvalue weighted by Gasteiger charge is -2.09. The number of urea groups is 1. The molecule has 3 heterocycles. The highest BCUT2D eigenvalue weighted by Gasteiger charge is 2.34. The Morgan fingerprint density at radius 2 is 2.12 bits per heavy atom. The Morgan fingerprint density at radius 1 is 1.33 bits per heavy atom. The first-order valence-corrected chi connectivity index (χ1v) is 7.05. The molecule has 2 aromatic heterocycles. The number of rotatable bonds is 4. The fourth-order valence-corrected chi connectivity index (χ4v) is 2.21. The Balaban J connectivity index is 1.77. The van der Waals surface area contributed by atoms with Gasteiger partial charge in [0.05, 0.1) is 19.9 Å². The predicted molar refractivity (Wildman–Crippen MR) is 80.6 cm³/mol. The average Bonchev–Trinajstić information content (AvgIpc) is 3.25. The van der Waals surface area contributed by atoms with Crippen LogP contribution in [0.2, 0.25) is 0 Å². The molecule has 3 amide bonds. The van der Waals surface area contributed by atoms with Gasteiger partial charge in [0.1, 0.15) is 17.2 Å². The average molecular weight is 330 g/mol. The van der Waals surface area contributed by atoms with Gasteiger partial charge in [0.25, 0.3) is 5.91 Å². The van der Waals surface area contributed by atoms with Gasteiger partial charge in [-0.1, -0.05) is 0 Å². The monoisotopic (exact) mass is 330 g/mol. The van der Waals surface area contributed by atoms with Gasteiger partial charge in [-0.25, -0.2) is 9.59 Å². The second kappa shape index (κ2) is 6.07. The first kappa shape index (κ1) is 15.6. The summed E-state index contributed by atoms with van der Waals surface area (Å²) in [6.07, 6.45) is 2.97. The highest BCUT2D eigenvalue weighted by molar-refractivity contribution is 6.13. The van der Waals surface area contributed by atoms with Gasteiger partial charge < -0.3 is 18.9 Å². The predicted octanol–water partition coefficient (Wildman–Crippen LogP) is 2.06. The number of imide groups is 1. The third-order valence-corrected chi connectivity index (χ3v) is 3.50. The molecule has 1 aliphatic heterocycles. The summed E-state index contributed by atoms with van der Waals surface area (Å²) in [5, 5.41) is 2.49. The topological polar surface area (TPSA) is 102 Å². The summed E-state index contributed by atoms with van der Waals surface area (Å²) in [6, 6.07) is 4.10. The second-order valence-corrected chi connectivity index (χ2v) is 5.10. The van der Waals surface area contributed by atoms with Crippen LogP contribution in [0.4, 0.5) is 4.79 Å². The number of carbonyl (C=O) groups excluding carboxylic acids is 3. The van der Waals surface area contributed by atoms with Gasteiger partial charge in [-0.05, 0) is 30.7 Å². The minimum atomic E-state index is -0.632. The van der Waals surface area contributed by atoms with Gasteiger partial charge in [0.2, 0.25) is 5.76 Å². The van der Waals surface area contributed by atoms with E-state index in [0.29, 0.717) is 5.76 Å². The highest BCUT2D eigenvalue weighted by Crippen LogP contribution is 2.20. The van der Waals surface area contributed by atoms with Crippen molar-refractivity contribution in [1.29, 1.82) is 0 Å². The van der Waals surface area contributed by atoms with Crippen LogP contribution in [0.5, 0.6) is 0 Å². The third kappa shape index (κ3) is 2.81. The van der Waals surface area contributed by atoms with E-state index in [2.05, 4.69) is 10.1 Å². The Labute approximate surface area is 136 Å². The second-order valence-electron chi connectivity index (χ2n) is 5.10. The van der Waals surface area contributed by atoms with Crippen molar-refractivity contribution in [3.63, 3.8) is 0 Å². The summed E-state index contributed by atoms with van der Waals surface area (Å²) in [7, 11) is 1.23. The van der Waals surface area contributed by atoms with Gasteiger partial charge in [0.15, 0.2) is 0 Å². The van der Waals surface area contributed by atoms with Crippen molar-refractivity contribution < 1.29 is 28.0 Å². The number of furan rings is 2. The number of esters is 1. The van der Waals surface area contributed by atoms with Crippen molar-refractivity contribution in [2.75, 3.05) is 7.11 Å². The largest absolute Gasteiger partial charge is 0.465 e. The van der Waals surface area contributed by atoms with Crippen LogP contribution >= 0.6 is 0 Å². The normalized spacial score (nSPS) is 15.9. The van der Waals surface area contributed by atoms with E-state index in [-0.39, 0.29) is 23.8 Å². The molecule has 0 saturated carbocycles. The van der Waals surface area contributed by atoms with Crippen LogP contribution in [0.1, 0.15) is 27.6 Å². The van der Waals surface area contributed by atoms with E-state index in [1.165, 1.54) is 31.6 Å². The Morgan fingerprint density at radius 3 is 2.79 bits per heavy atom. The minimum Gasteiger partial charge on any atom is -0.465 e. The molecule has 8 heteroatoms. The molecule has 3 rings (SSSR count). The molecule has 1 aliphatic rings. The molecule has 0 aromatic carbocycles. The molecule has 1 saturated heterocycles. The molecule has 0 spiro atoms. The molecule has 2 aromatic rings. The molecule has 0 radical (unpaired) electrons. The number of methoxy groups -OCH3 is 1. The maximum atomic E-state index is 12.4. The van der Waals surface area contributed by atoms with Gasteiger partial charge in [-0.3, -0.25) is 9.69 Å². The zero-order chi connectivity index (χ0) is 17.3. The van der Waals surface area contributed by atoms with E-state index in [0.717, 1.165) is 10.5 Å². The quantitative estimate of drug-likeness (QED) is 0.523. The van der Waals surface area contributed by atoms with Crippen molar-refractivity contribution in [2.24, 2.45) is 0 Å². The smallest absolute Gasteiger partial charge is 0.373 e. The summed E-state index contributed by atoms with van der Waals surface area (Å²) in [5.41, 5.74) is 0.953. The van der Waals surface area contributed by atoms with Crippen molar-refractivity contribution in [3.05, 3.63) is 53.0 Å². The SMILES string of the molecule is COC(=O)c1ccc(CN2C(=O)N/C(=C\c3occc3C)C2=O)o1. The summed E-state index contributed by atoms with van der Waals surface area (Å²) in [4.78, 5) is 36.7. The summed E-state index contributed by atoms with van der Waals surface area (Å²) >= 11 is 0. The fourth-order valence-electron chi connectivity index (χ4n) is 2.21. The molecule has 8 nitrogen and oxygen atoms in total. The number of amides is 3. The van der Waals surface area contributed by atoms with Gasteiger partial charge in [-0.2, -0.15) is 0 Å². The Hall–Kier alpha value is -3.29. The minimum absolute atomic E-state index is 0.00142. The van der Waals surface area contributed by atoms with Crippen LogP contribution in [0, 0.1) is 6.92 Å². The maximum Gasteiger partial charge on any atom is 0.373 e. The number of nitrogens with zero attached hydrogens (tertiary/aromatic N) is 1. The van der Waals surface area contributed by atoms with Gasteiger partial charge >= 0.3 is 12.0 Å². The van der Waals surface area contributed by atoms with E-state index in [9.17, 15) is 14.4 Å². The van der Waals surface area contributed by atoms with Gasteiger partial charge in [-0.15, -0.1) is 0 Å². The molecule has 0 unspecified atom stereocenters. The van der Waals surface area contributed by atoms with Crippen molar-refractivity contribution in [3.8, 4) is 0 Å². The molecule has 124 valence electrons. The molecule has 1 N–H and O–H groups in total. The molecule has 1 fully saturated rings. The van der Waals surface area contributed by atoms with E-state index in [4.69, 9.17) is 8.83 Å². The van der Waals surface area contributed by atoms with Crippen LogP contribution in [-0.2, 0) is 16.1 Å². The number of ether oxygens (including phenoxy) is 1. The lowest BCUT2D eigenvalue weighted by atomic mass is 10.2. The summed E-state index contributed by atoms with van der Waals surface area (Å²) < 4.78 is 15.0. The van der Waals surface area contributed by atoms with E-state index in [1.54, 1.807) is 6.07 Å². The summed E-state index contributed by atoms with van der Waals surface area (Å²) in [6.45, 7) is 1.72. The van der Waals surface area contributed by atoms with Crippen molar-refractivity contribution >= 4 is 24.0 Å². The van der Waals surface area contributed by atoms with E-state index < -0.39 is 17.9 Å². The number of carbonyl (C=O) groups is 3. The Bertz CT molecular complexity index is 844. The molecular weight excluding hydrogens is 316 g/mol. The number of hydrogen-bond acceptors (Lipinski definition) is 6. The molecular formula is C16H14N2O6. The Kier molecular flexibility index (Phi) is 3.95. The van der Waals surface area contributed by atoms with E-state index >= 15 is 0 Å². The van der Waals surface area contributed by atoms with Crippen molar-refractivity contribution in [2.45, 2.75) is 13.5 Å². The van der Waals surface area contributed by atoms with Crippen LogP contribution in [0.3, 0.4) is 0 Å². The first-order chi connectivity index (χ1) is 11.5. The van der Waals surface area contributed by atoms with Crippen LogP contribution in [0.15, 0.2) is 39.0 Å². The zero-order valence-electron chi connectivity index (χ0n) is 13.0. The number of nitrogens with one attached hydrogen (secondary N) is 1. The van der Waals surface area contributed by atoms with Crippen LogP contribution in [-0.4, -0.2) is 29.9 Å². The van der Waals surface area contributed by atoms with Crippen LogP contribution in [0.25, 0.3) is 6.08 Å². The molecule has 0 atom stereocenters. The third-order valence-electron chi connectivity index (χ3n) is 3.50. The molecule has 24 heavy (non-hydrogen) atoms.